The van der Waals surface area contributed by atoms with Crippen LogP contribution in [-0.4, -0.2) is 28.1 Å². The van der Waals surface area contributed by atoms with Crippen molar-refractivity contribution in [2.24, 2.45) is 0 Å². The fourth-order valence-electron chi connectivity index (χ4n) is 2.30. The maximum absolute atomic E-state index is 12.2. The Morgan fingerprint density at radius 3 is 2.64 bits per heavy atom. The quantitative estimate of drug-likeness (QED) is 0.354. The number of ether oxygens (including phenoxy) is 1. The van der Waals surface area contributed by atoms with Crippen LogP contribution in [-0.2, 0) is 4.79 Å². The molecule has 0 aromatic heterocycles. The average molecular weight is 369 g/mol. The molecule has 4 nitrogen and oxygen atoms in total. The molecule has 6 heteroatoms. The first kappa shape index (κ1) is 17.4. The van der Waals surface area contributed by atoms with Gasteiger partial charge in [0.25, 0.3) is 5.91 Å². The van der Waals surface area contributed by atoms with Crippen molar-refractivity contribution >= 4 is 46.3 Å². The van der Waals surface area contributed by atoms with Gasteiger partial charge in [0, 0.05) is 7.05 Å². The Hall–Kier alpha value is -2.44. The van der Waals surface area contributed by atoms with E-state index in [9.17, 15) is 9.59 Å². The molecule has 126 valence electrons. The number of thioether (sulfide) groups is 1. The highest BCUT2D eigenvalue weighted by Gasteiger charge is 2.28. The van der Waals surface area contributed by atoms with Crippen molar-refractivity contribution in [3.05, 3.63) is 70.1 Å². The van der Waals surface area contributed by atoms with E-state index >= 15 is 0 Å². The van der Waals surface area contributed by atoms with Crippen molar-refractivity contribution in [2.75, 3.05) is 7.05 Å². The number of benzene rings is 2. The SMILES string of the molecule is Cc1cccc(C(=O)Oc2cccc(/C=C3\SC(=S)N(C)C3=O)c2)c1. The maximum Gasteiger partial charge on any atom is 0.343 e. The highest BCUT2D eigenvalue weighted by atomic mass is 32.2. The fraction of sp³-hybridized carbons (Fsp3) is 0.105. The summed E-state index contributed by atoms with van der Waals surface area (Å²) in [5.41, 5.74) is 2.26. The number of thiocarbonyl (C=S) groups is 1. The molecule has 2 aromatic rings. The lowest BCUT2D eigenvalue weighted by Crippen LogP contribution is -2.22. The zero-order valence-electron chi connectivity index (χ0n) is 13.7. The molecule has 3 rings (SSSR count). The predicted molar refractivity (Wildman–Crippen MR) is 104 cm³/mol. The molecule has 1 heterocycles. The lowest BCUT2D eigenvalue weighted by atomic mass is 10.1. The Morgan fingerprint density at radius 2 is 1.96 bits per heavy atom. The molecule has 1 aliphatic heterocycles. The Morgan fingerprint density at radius 1 is 1.20 bits per heavy atom. The molecule has 0 N–H and O–H groups in total. The molecule has 0 spiro atoms. The first-order valence-electron chi connectivity index (χ1n) is 7.54. The fourth-order valence-corrected chi connectivity index (χ4v) is 3.48. The van der Waals surface area contributed by atoms with E-state index in [0.29, 0.717) is 20.5 Å². The molecule has 1 saturated heterocycles. The second kappa shape index (κ2) is 7.21. The van der Waals surface area contributed by atoms with E-state index in [1.165, 1.54) is 16.7 Å². The van der Waals surface area contributed by atoms with E-state index in [0.717, 1.165) is 11.1 Å². The minimum Gasteiger partial charge on any atom is -0.423 e. The number of likely N-dealkylation sites (N-methyl/N-ethyl adjacent to an activating group) is 1. The predicted octanol–water partition coefficient (Wildman–Crippen LogP) is 4.05. The molecule has 25 heavy (non-hydrogen) atoms. The zero-order valence-corrected chi connectivity index (χ0v) is 15.3. The summed E-state index contributed by atoms with van der Waals surface area (Å²) < 4.78 is 5.96. The Labute approximate surface area is 155 Å². The summed E-state index contributed by atoms with van der Waals surface area (Å²) >= 11 is 6.37. The smallest absolute Gasteiger partial charge is 0.343 e. The van der Waals surface area contributed by atoms with Crippen LogP contribution < -0.4 is 4.74 Å². The molecule has 1 amide bonds. The molecule has 1 aliphatic rings. The van der Waals surface area contributed by atoms with Crippen LogP contribution in [0.15, 0.2) is 53.4 Å². The van der Waals surface area contributed by atoms with Gasteiger partial charge in [-0.05, 0) is 42.8 Å². The van der Waals surface area contributed by atoms with Crippen molar-refractivity contribution < 1.29 is 14.3 Å². The minimum atomic E-state index is -0.416. The summed E-state index contributed by atoms with van der Waals surface area (Å²) in [6.07, 6.45) is 1.74. The molecular weight excluding hydrogens is 354 g/mol. The molecule has 0 bridgehead atoms. The highest BCUT2D eigenvalue weighted by Crippen LogP contribution is 2.31. The Kier molecular flexibility index (Phi) is 5.01. The van der Waals surface area contributed by atoms with Gasteiger partial charge in [0.05, 0.1) is 10.5 Å². The average Bonchev–Trinajstić information content (AvgIpc) is 2.82. The number of hydrogen-bond acceptors (Lipinski definition) is 5. The molecule has 0 saturated carbocycles. The number of rotatable bonds is 3. The third-order valence-corrected chi connectivity index (χ3v) is 5.09. The third-order valence-electron chi connectivity index (χ3n) is 3.61. The van der Waals surface area contributed by atoms with Gasteiger partial charge in [-0.3, -0.25) is 9.69 Å². The van der Waals surface area contributed by atoms with E-state index in [-0.39, 0.29) is 5.91 Å². The van der Waals surface area contributed by atoms with E-state index in [1.54, 1.807) is 43.5 Å². The van der Waals surface area contributed by atoms with E-state index in [1.807, 2.05) is 25.1 Å². The van der Waals surface area contributed by atoms with Crippen LogP contribution in [0.4, 0.5) is 0 Å². The number of carbonyl (C=O) groups excluding carboxylic acids is 2. The van der Waals surface area contributed by atoms with E-state index < -0.39 is 5.97 Å². The first-order chi connectivity index (χ1) is 11.9. The van der Waals surface area contributed by atoms with Crippen LogP contribution >= 0.6 is 24.0 Å². The van der Waals surface area contributed by atoms with Crippen molar-refractivity contribution in [1.82, 2.24) is 4.90 Å². The summed E-state index contributed by atoms with van der Waals surface area (Å²) in [7, 11) is 1.65. The van der Waals surface area contributed by atoms with Crippen molar-refractivity contribution in [1.29, 1.82) is 0 Å². The van der Waals surface area contributed by atoms with Gasteiger partial charge in [0.15, 0.2) is 0 Å². The van der Waals surface area contributed by atoms with E-state index in [4.69, 9.17) is 17.0 Å². The number of esters is 1. The number of amides is 1. The summed E-state index contributed by atoms with van der Waals surface area (Å²) in [4.78, 5) is 26.3. The van der Waals surface area contributed by atoms with E-state index in [2.05, 4.69) is 0 Å². The number of hydrogen-bond donors (Lipinski definition) is 0. The van der Waals surface area contributed by atoms with Gasteiger partial charge >= 0.3 is 5.97 Å². The molecule has 0 atom stereocenters. The number of aryl methyl sites for hydroxylation is 1. The van der Waals surface area contributed by atoms with Crippen LogP contribution in [0.1, 0.15) is 21.5 Å². The van der Waals surface area contributed by atoms with Gasteiger partial charge in [0.1, 0.15) is 10.1 Å². The second-order valence-corrected chi connectivity index (χ2v) is 7.25. The van der Waals surface area contributed by atoms with Crippen LogP contribution in [0.5, 0.6) is 5.75 Å². The van der Waals surface area contributed by atoms with Crippen molar-refractivity contribution in [3.8, 4) is 5.75 Å². The second-order valence-electron chi connectivity index (χ2n) is 5.57. The Balaban J connectivity index is 1.79. The largest absolute Gasteiger partial charge is 0.423 e. The summed E-state index contributed by atoms with van der Waals surface area (Å²) in [5, 5.41) is 0. The van der Waals surface area contributed by atoms with Crippen LogP contribution in [0, 0.1) is 6.92 Å². The first-order valence-corrected chi connectivity index (χ1v) is 8.77. The zero-order chi connectivity index (χ0) is 18.0. The summed E-state index contributed by atoms with van der Waals surface area (Å²) in [6, 6.07) is 14.3. The number of nitrogens with zero attached hydrogens (tertiary/aromatic N) is 1. The van der Waals surface area contributed by atoms with Gasteiger partial charge in [-0.25, -0.2) is 4.79 Å². The minimum absolute atomic E-state index is 0.128. The van der Waals surface area contributed by atoms with Crippen LogP contribution in [0.25, 0.3) is 6.08 Å². The van der Waals surface area contributed by atoms with Gasteiger partial charge in [-0.2, -0.15) is 0 Å². The van der Waals surface area contributed by atoms with Gasteiger partial charge in [-0.1, -0.05) is 53.8 Å². The topological polar surface area (TPSA) is 46.6 Å². The van der Waals surface area contributed by atoms with Crippen LogP contribution in [0.2, 0.25) is 0 Å². The number of carbonyl (C=O) groups is 2. The molecule has 0 aliphatic carbocycles. The van der Waals surface area contributed by atoms with Gasteiger partial charge < -0.3 is 4.74 Å². The molecule has 0 unspecified atom stereocenters. The molecular formula is C19H15NO3S2. The lowest BCUT2D eigenvalue weighted by molar-refractivity contribution is -0.121. The highest BCUT2D eigenvalue weighted by molar-refractivity contribution is 8.26. The normalized spacial score (nSPS) is 15.8. The van der Waals surface area contributed by atoms with Crippen LogP contribution in [0.3, 0.4) is 0 Å². The third kappa shape index (κ3) is 3.97. The molecule has 2 aromatic carbocycles. The van der Waals surface area contributed by atoms with Crippen molar-refractivity contribution in [2.45, 2.75) is 6.92 Å². The molecule has 0 radical (unpaired) electrons. The Bertz CT molecular complexity index is 905. The maximum atomic E-state index is 12.2. The molecule has 1 fully saturated rings. The standard InChI is InChI=1S/C19H15NO3S2/c1-12-5-3-7-14(9-12)18(22)23-15-8-4-6-13(10-15)11-16-17(21)20(2)19(24)25-16/h3-11H,1-2H3/b16-11-. The van der Waals surface area contributed by atoms with Gasteiger partial charge in [-0.15, -0.1) is 0 Å². The van der Waals surface area contributed by atoms with Gasteiger partial charge in [0.2, 0.25) is 0 Å². The monoisotopic (exact) mass is 369 g/mol. The summed E-state index contributed by atoms with van der Waals surface area (Å²) in [6.45, 7) is 1.92. The lowest BCUT2D eigenvalue weighted by Gasteiger charge is -2.06. The summed E-state index contributed by atoms with van der Waals surface area (Å²) in [5.74, 6) is -0.120. The van der Waals surface area contributed by atoms with Crippen molar-refractivity contribution in [3.63, 3.8) is 0 Å².